The van der Waals surface area contributed by atoms with Crippen molar-refractivity contribution in [3.05, 3.63) is 40.4 Å². The maximum Gasteiger partial charge on any atom is 0.251 e. The molecule has 0 aliphatic rings. The standard InChI is InChI=1S/C14H17N3O2/c1-14(2,3)10-7-11(18)17-13(16-10)9-5-6-12(19-4)15-8-9/h5-8H,1-4H3,(H,16,17,18). The molecule has 0 saturated heterocycles. The molecule has 2 heterocycles. The summed E-state index contributed by atoms with van der Waals surface area (Å²) in [5, 5.41) is 0. The second kappa shape index (κ2) is 4.84. The van der Waals surface area contributed by atoms with Crippen molar-refractivity contribution >= 4 is 0 Å². The van der Waals surface area contributed by atoms with E-state index in [4.69, 9.17) is 4.74 Å². The fourth-order valence-corrected chi connectivity index (χ4v) is 1.62. The van der Waals surface area contributed by atoms with Crippen molar-refractivity contribution in [3.8, 4) is 17.3 Å². The Bertz CT molecular complexity index is 624. The van der Waals surface area contributed by atoms with E-state index in [-0.39, 0.29) is 11.0 Å². The number of ether oxygens (including phenoxy) is 1. The average molecular weight is 259 g/mol. The van der Waals surface area contributed by atoms with E-state index in [1.54, 1.807) is 19.4 Å². The Morgan fingerprint density at radius 1 is 1.26 bits per heavy atom. The smallest absolute Gasteiger partial charge is 0.251 e. The molecule has 2 aromatic rings. The highest BCUT2D eigenvalue weighted by molar-refractivity contribution is 5.53. The Balaban J connectivity index is 2.49. The van der Waals surface area contributed by atoms with E-state index in [0.717, 1.165) is 11.3 Å². The van der Waals surface area contributed by atoms with Crippen LogP contribution >= 0.6 is 0 Å². The third-order valence-corrected chi connectivity index (χ3v) is 2.73. The van der Waals surface area contributed by atoms with Crippen molar-refractivity contribution in [2.24, 2.45) is 0 Å². The zero-order valence-electron chi connectivity index (χ0n) is 11.5. The van der Waals surface area contributed by atoms with Gasteiger partial charge >= 0.3 is 0 Å². The van der Waals surface area contributed by atoms with Gasteiger partial charge in [0.05, 0.1) is 12.8 Å². The molecular weight excluding hydrogens is 242 g/mol. The first-order chi connectivity index (χ1) is 8.90. The third kappa shape index (κ3) is 2.99. The summed E-state index contributed by atoms with van der Waals surface area (Å²) in [6.45, 7) is 6.06. The average Bonchev–Trinajstić information content (AvgIpc) is 2.37. The fourth-order valence-electron chi connectivity index (χ4n) is 1.62. The number of aromatic amines is 1. The summed E-state index contributed by atoms with van der Waals surface area (Å²) < 4.78 is 5.00. The van der Waals surface area contributed by atoms with Crippen LogP contribution in [0.15, 0.2) is 29.2 Å². The highest BCUT2D eigenvalue weighted by Gasteiger charge is 2.17. The second-order valence-electron chi connectivity index (χ2n) is 5.32. The van der Waals surface area contributed by atoms with Gasteiger partial charge in [0.2, 0.25) is 5.88 Å². The van der Waals surface area contributed by atoms with Crippen molar-refractivity contribution < 1.29 is 4.74 Å². The van der Waals surface area contributed by atoms with Gasteiger partial charge < -0.3 is 9.72 Å². The molecule has 0 amide bonds. The molecule has 0 bridgehead atoms. The molecule has 0 aromatic carbocycles. The number of hydrogen-bond donors (Lipinski definition) is 1. The maximum absolute atomic E-state index is 11.7. The van der Waals surface area contributed by atoms with Crippen LogP contribution in [-0.2, 0) is 5.41 Å². The minimum Gasteiger partial charge on any atom is -0.481 e. The van der Waals surface area contributed by atoms with Gasteiger partial charge in [-0.2, -0.15) is 0 Å². The Morgan fingerprint density at radius 2 is 2.00 bits per heavy atom. The highest BCUT2D eigenvalue weighted by atomic mass is 16.5. The summed E-state index contributed by atoms with van der Waals surface area (Å²) in [5.74, 6) is 1.05. The van der Waals surface area contributed by atoms with Crippen LogP contribution in [0.4, 0.5) is 0 Å². The van der Waals surface area contributed by atoms with Gasteiger partial charge in [-0.3, -0.25) is 4.79 Å². The first-order valence-corrected chi connectivity index (χ1v) is 6.02. The fraction of sp³-hybridized carbons (Fsp3) is 0.357. The molecular formula is C14H17N3O2. The number of nitrogens with one attached hydrogen (secondary N) is 1. The van der Waals surface area contributed by atoms with Crippen LogP contribution in [0, 0.1) is 0 Å². The number of methoxy groups -OCH3 is 1. The first kappa shape index (κ1) is 13.3. The molecule has 100 valence electrons. The number of rotatable bonds is 2. The molecule has 2 rings (SSSR count). The van der Waals surface area contributed by atoms with Crippen LogP contribution in [-0.4, -0.2) is 22.1 Å². The third-order valence-electron chi connectivity index (χ3n) is 2.73. The summed E-state index contributed by atoms with van der Waals surface area (Å²) in [7, 11) is 1.56. The van der Waals surface area contributed by atoms with Crippen LogP contribution in [0.3, 0.4) is 0 Å². The van der Waals surface area contributed by atoms with Crippen molar-refractivity contribution in [1.29, 1.82) is 0 Å². The molecule has 19 heavy (non-hydrogen) atoms. The number of H-pyrrole nitrogens is 1. The van der Waals surface area contributed by atoms with Gasteiger partial charge in [-0.05, 0) is 6.07 Å². The molecule has 0 unspecified atom stereocenters. The summed E-state index contributed by atoms with van der Waals surface area (Å²) in [5.41, 5.74) is 1.17. The number of hydrogen-bond acceptors (Lipinski definition) is 4. The van der Waals surface area contributed by atoms with Gasteiger partial charge in [-0.25, -0.2) is 9.97 Å². The van der Waals surface area contributed by atoms with Gasteiger partial charge in [-0.1, -0.05) is 20.8 Å². The van der Waals surface area contributed by atoms with E-state index in [1.807, 2.05) is 26.8 Å². The molecule has 0 aliphatic heterocycles. The molecule has 5 heteroatoms. The zero-order chi connectivity index (χ0) is 14.0. The molecule has 2 aromatic heterocycles. The topological polar surface area (TPSA) is 67.9 Å². The lowest BCUT2D eigenvalue weighted by Crippen LogP contribution is -2.19. The number of nitrogens with zero attached hydrogens (tertiary/aromatic N) is 2. The molecule has 5 nitrogen and oxygen atoms in total. The highest BCUT2D eigenvalue weighted by Crippen LogP contribution is 2.21. The molecule has 1 N–H and O–H groups in total. The summed E-state index contributed by atoms with van der Waals surface area (Å²) >= 11 is 0. The maximum atomic E-state index is 11.7. The van der Waals surface area contributed by atoms with E-state index >= 15 is 0 Å². The molecule has 0 radical (unpaired) electrons. The minimum atomic E-state index is -0.178. The van der Waals surface area contributed by atoms with Gasteiger partial charge in [0.25, 0.3) is 5.56 Å². The lowest BCUT2D eigenvalue weighted by atomic mass is 9.92. The van der Waals surface area contributed by atoms with E-state index in [9.17, 15) is 4.79 Å². The Kier molecular flexibility index (Phi) is 3.38. The lowest BCUT2D eigenvalue weighted by Gasteiger charge is -2.17. The van der Waals surface area contributed by atoms with Crippen LogP contribution in [0.2, 0.25) is 0 Å². The first-order valence-electron chi connectivity index (χ1n) is 6.02. The lowest BCUT2D eigenvalue weighted by molar-refractivity contribution is 0.398. The Labute approximate surface area is 111 Å². The normalized spacial score (nSPS) is 11.4. The molecule has 0 aliphatic carbocycles. The molecule has 0 fully saturated rings. The summed E-state index contributed by atoms with van der Waals surface area (Å²) in [6.07, 6.45) is 1.63. The predicted molar refractivity (Wildman–Crippen MR) is 73.3 cm³/mol. The SMILES string of the molecule is COc1ccc(-c2nc(C(C)(C)C)cc(=O)[nH]2)cn1. The van der Waals surface area contributed by atoms with Crippen molar-refractivity contribution in [1.82, 2.24) is 15.0 Å². The second-order valence-corrected chi connectivity index (χ2v) is 5.32. The van der Waals surface area contributed by atoms with Gasteiger partial charge in [0.15, 0.2) is 0 Å². The molecule has 0 spiro atoms. The largest absolute Gasteiger partial charge is 0.481 e. The Morgan fingerprint density at radius 3 is 2.53 bits per heavy atom. The number of aromatic nitrogens is 3. The van der Waals surface area contributed by atoms with E-state index in [2.05, 4.69) is 15.0 Å². The van der Waals surface area contributed by atoms with Gasteiger partial charge in [0.1, 0.15) is 5.82 Å². The van der Waals surface area contributed by atoms with Gasteiger partial charge in [0, 0.05) is 29.3 Å². The number of pyridine rings is 1. The van der Waals surface area contributed by atoms with Crippen molar-refractivity contribution in [2.45, 2.75) is 26.2 Å². The van der Waals surface area contributed by atoms with Crippen molar-refractivity contribution in [3.63, 3.8) is 0 Å². The van der Waals surface area contributed by atoms with Crippen LogP contribution < -0.4 is 10.3 Å². The summed E-state index contributed by atoms with van der Waals surface area (Å²) in [6, 6.07) is 5.08. The van der Waals surface area contributed by atoms with E-state index in [1.165, 1.54) is 6.07 Å². The van der Waals surface area contributed by atoms with E-state index < -0.39 is 0 Å². The van der Waals surface area contributed by atoms with Crippen LogP contribution in [0.1, 0.15) is 26.5 Å². The zero-order valence-corrected chi connectivity index (χ0v) is 11.5. The molecule has 0 atom stereocenters. The minimum absolute atomic E-state index is 0.161. The summed E-state index contributed by atoms with van der Waals surface area (Å²) in [4.78, 5) is 23.0. The predicted octanol–water partition coefficient (Wildman–Crippen LogP) is 2.14. The Hall–Kier alpha value is -2.17. The van der Waals surface area contributed by atoms with Crippen LogP contribution in [0.5, 0.6) is 5.88 Å². The van der Waals surface area contributed by atoms with Gasteiger partial charge in [-0.15, -0.1) is 0 Å². The van der Waals surface area contributed by atoms with Crippen molar-refractivity contribution in [2.75, 3.05) is 7.11 Å². The monoisotopic (exact) mass is 259 g/mol. The van der Waals surface area contributed by atoms with Crippen LogP contribution in [0.25, 0.3) is 11.4 Å². The quantitative estimate of drug-likeness (QED) is 0.897. The molecule has 0 saturated carbocycles. The van der Waals surface area contributed by atoms with E-state index in [0.29, 0.717) is 11.7 Å².